The predicted molar refractivity (Wildman–Crippen MR) is 90.1 cm³/mol. The molecule has 0 radical (unpaired) electrons. The van der Waals surface area contributed by atoms with Crippen molar-refractivity contribution in [1.82, 2.24) is 19.9 Å². The van der Waals surface area contributed by atoms with Gasteiger partial charge in [0.25, 0.3) is 0 Å². The zero-order chi connectivity index (χ0) is 14.9. The largest absolute Gasteiger partial charge is 0.264 e. The molecule has 22 heavy (non-hydrogen) atoms. The molecule has 5 nitrogen and oxygen atoms in total. The van der Waals surface area contributed by atoms with Crippen molar-refractivity contribution in [2.24, 2.45) is 5.10 Å². The van der Waals surface area contributed by atoms with Gasteiger partial charge in [-0.25, -0.2) is 0 Å². The van der Waals surface area contributed by atoms with E-state index in [4.69, 9.17) is 5.10 Å². The summed E-state index contributed by atoms with van der Waals surface area (Å²) in [5, 5.41) is 14.0. The van der Waals surface area contributed by atoms with Gasteiger partial charge in [0.2, 0.25) is 5.16 Å². The highest BCUT2D eigenvalue weighted by atomic mass is 79.9. The summed E-state index contributed by atoms with van der Waals surface area (Å²) in [4.78, 5) is 4.14. The van der Waals surface area contributed by atoms with Crippen LogP contribution < -0.4 is 0 Å². The maximum absolute atomic E-state index is 4.73. The first-order valence-electron chi connectivity index (χ1n) is 6.64. The summed E-state index contributed by atoms with van der Waals surface area (Å²) < 4.78 is 2.83. The third-order valence-corrected chi connectivity index (χ3v) is 4.67. The zero-order valence-corrected chi connectivity index (χ0v) is 13.8. The van der Waals surface area contributed by atoms with E-state index in [1.807, 2.05) is 24.3 Å². The molecular weight excluding hydrogens is 362 g/mol. The summed E-state index contributed by atoms with van der Waals surface area (Å²) in [5.74, 6) is 1.49. The first-order chi connectivity index (χ1) is 10.8. The second kappa shape index (κ2) is 5.66. The molecule has 0 amide bonds. The maximum Gasteiger partial charge on any atom is 0.212 e. The number of thioether (sulfide) groups is 1. The Hall–Kier alpha value is -1.99. The van der Waals surface area contributed by atoms with E-state index in [1.54, 1.807) is 28.8 Å². The lowest BCUT2D eigenvalue weighted by Gasteiger charge is -2.14. The van der Waals surface area contributed by atoms with Crippen molar-refractivity contribution < 1.29 is 0 Å². The molecule has 0 saturated carbocycles. The number of hydrogen-bond donors (Lipinski definition) is 0. The van der Waals surface area contributed by atoms with E-state index >= 15 is 0 Å². The van der Waals surface area contributed by atoms with Crippen LogP contribution in [0.5, 0.6) is 0 Å². The smallest absolute Gasteiger partial charge is 0.212 e. The molecular formula is C15H10BrN5S. The van der Waals surface area contributed by atoms with E-state index in [1.165, 1.54) is 0 Å². The predicted octanol–water partition coefficient (Wildman–Crippen LogP) is 3.46. The van der Waals surface area contributed by atoms with E-state index in [9.17, 15) is 0 Å². The minimum absolute atomic E-state index is 0.711. The van der Waals surface area contributed by atoms with Crippen molar-refractivity contribution >= 4 is 33.4 Å². The summed E-state index contributed by atoms with van der Waals surface area (Å²) in [6.45, 7) is 0. The molecule has 0 unspecified atom stereocenters. The fraction of sp³-hybridized carbons (Fsp3) is 0.0667. The third kappa shape index (κ3) is 2.46. The van der Waals surface area contributed by atoms with Gasteiger partial charge in [0, 0.05) is 28.2 Å². The van der Waals surface area contributed by atoms with Crippen molar-refractivity contribution in [2.75, 3.05) is 5.75 Å². The third-order valence-electron chi connectivity index (χ3n) is 3.25. The SMILES string of the molecule is Brc1cccc(C2=Nn3c(nnc3-c3cccnc3)SC2)c1. The number of rotatable bonds is 2. The molecule has 2 aromatic heterocycles. The molecule has 4 rings (SSSR count). The monoisotopic (exact) mass is 371 g/mol. The Morgan fingerprint density at radius 2 is 2.00 bits per heavy atom. The van der Waals surface area contributed by atoms with Crippen LogP contribution in [-0.2, 0) is 0 Å². The van der Waals surface area contributed by atoms with Gasteiger partial charge in [0.1, 0.15) is 0 Å². The van der Waals surface area contributed by atoms with E-state index in [0.717, 1.165) is 32.2 Å². The normalized spacial score (nSPS) is 13.6. The van der Waals surface area contributed by atoms with Gasteiger partial charge in [0.05, 0.1) is 5.71 Å². The highest BCUT2D eigenvalue weighted by Gasteiger charge is 2.20. The first kappa shape index (κ1) is 13.7. The van der Waals surface area contributed by atoms with Gasteiger partial charge in [-0.2, -0.15) is 9.78 Å². The van der Waals surface area contributed by atoms with Crippen LogP contribution >= 0.6 is 27.7 Å². The summed E-state index contributed by atoms with van der Waals surface area (Å²) in [7, 11) is 0. The molecule has 0 atom stereocenters. The topological polar surface area (TPSA) is 56.0 Å². The molecule has 1 aliphatic rings. The Kier molecular flexibility index (Phi) is 3.51. The average Bonchev–Trinajstić information content (AvgIpc) is 2.99. The van der Waals surface area contributed by atoms with Gasteiger partial charge < -0.3 is 0 Å². The van der Waals surface area contributed by atoms with Crippen LogP contribution in [0, 0.1) is 0 Å². The van der Waals surface area contributed by atoms with Crippen LogP contribution in [0.3, 0.4) is 0 Å². The van der Waals surface area contributed by atoms with Crippen molar-refractivity contribution in [3.8, 4) is 11.4 Å². The van der Waals surface area contributed by atoms with Gasteiger partial charge in [-0.1, -0.05) is 39.8 Å². The Morgan fingerprint density at radius 1 is 1.09 bits per heavy atom. The van der Waals surface area contributed by atoms with Crippen LogP contribution in [0.15, 0.2) is 63.5 Å². The Morgan fingerprint density at radius 3 is 2.82 bits per heavy atom. The van der Waals surface area contributed by atoms with Gasteiger partial charge in [-0.15, -0.1) is 10.2 Å². The quantitative estimate of drug-likeness (QED) is 0.691. The zero-order valence-electron chi connectivity index (χ0n) is 11.3. The second-order valence-corrected chi connectivity index (χ2v) is 6.56. The molecule has 3 aromatic rings. The summed E-state index contributed by atoms with van der Waals surface area (Å²) >= 11 is 5.14. The molecule has 1 aliphatic heterocycles. The summed E-state index contributed by atoms with van der Waals surface area (Å²) in [6, 6.07) is 12.0. The lowest BCUT2D eigenvalue weighted by atomic mass is 10.1. The highest BCUT2D eigenvalue weighted by molar-refractivity contribution is 9.10. The first-order valence-corrected chi connectivity index (χ1v) is 8.41. The van der Waals surface area contributed by atoms with Crippen molar-refractivity contribution in [1.29, 1.82) is 0 Å². The number of fused-ring (bicyclic) bond motifs is 1. The summed E-state index contributed by atoms with van der Waals surface area (Å²) in [5.41, 5.74) is 3.00. The molecule has 108 valence electrons. The number of benzene rings is 1. The highest BCUT2D eigenvalue weighted by Crippen LogP contribution is 2.28. The van der Waals surface area contributed by atoms with E-state index < -0.39 is 0 Å². The Bertz CT molecular complexity index is 859. The number of halogens is 1. The number of pyridine rings is 1. The van der Waals surface area contributed by atoms with Gasteiger partial charge >= 0.3 is 0 Å². The molecule has 0 saturated heterocycles. The fourth-order valence-electron chi connectivity index (χ4n) is 2.21. The minimum atomic E-state index is 0.711. The maximum atomic E-state index is 4.73. The summed E-state index contributed by atoms with van der Waals surface area (Å²) in [6.07, 6.45) is 3.51. The lowest BCUT2D eigenvalue weighted by molar-refractivity contribution is 0.762. The average molecular weight is 372 g/mol. The van der Waals surface area contributed by atoms with Crippen LogP contribution in [0.2, 0.25) is 0 Å². The van der Waals surface area contributed by atoms with Crippen LogP contribution in [0.4, 0.5) is 0 Å². The second-order valence-electron chi connectivity index (χ2n) is 4.71. The van der Waals surface area contributed by atoms with Gasteiger partial charge in [-0.05, 0) is 29.8 Å². The van der Waals surface area contributed by atoms with Crippen molar-refractivity contribution in [3.63, 3.8) is 0 Å². The molecule has 0 aliphatic carbocycles. The number of aromatic nitrogens is 4. The van der Waals surface area contributed by atoms with Gasteiger partial charge in [-0.3, -0.25) is 4.98 Å². The molecule has 1 aromatic carbocycles. The van der Waals surface area contributed by atoms with E-state index in [2.05, 4.69) is 43.2 Å². The molecule has 7 heteroatoms. The molecule has 0 N–H and O–H groups in total. The molecule has 0 spiro atoms. The van der Waals surface area contributed by atoms with Crippen LogP contribution in [0.25, 0.3) is 11.4 Å². The van der Waals surface area contributed by atoms with Crippen LogP contribution in [0.1, 0.15) is 5.56 Å². The number of nitrogens with zero attached hydrogens (tertiary/aromatic N) is 5. The van der Waals surface area contributed by atoms with E-state index in [0.29, 0.717) is 5.82 Å². The standard InChI is InChI=1S/C15H10BrN5S/c16-12-5-1-3-10(7-12)13-9-22-15-19-18-14(21(15)20-13)11-4-2-6-17-8-11/h1-8H,9H2. The van der Waals surface area contributed by atoms with Crippen LogP contribution in [-0.4, -0.2) is 31.3 Å². The Balaban J connectivity index is 1.81. The molecule has 3 heterocycles. The minimum Gasteiger partial charge on any atom is -0.264 e. The van der Waals surface area contributed by atoms with E-state index in [-0.39, 0.29) is 0 Å². The Labute approximate surface area is 139 Å². The van der Waals surface area contributed by atoms with Crippen molar-refractivity contribution in [2.45, 2.75) is 5.16 Å². The lowest BCUT2D eigenvalue weighted by Crippen LogP contribution is -2.13. The molecule has 0 fully saturated rings. The van der Waals surface area contributed by atoms with Crippen molar-refractivity contribution in [3.05, 3.63) is 58.8 Å². The fourth-order valence-corrected chi connectivity index (χ4v) is 3.45. The number of hydrogen-bond acceptors (Lipinski definition) is 5. The van der Waals surface area contributed by atoms with Gasteiger partial charge in [0.15, 0.2) is 5.82 Å². The molecule has 0 bridgehead atoms.